The summed E-state index contributed by atoms with van der Waals surface area (Å²) < 4.78 is 0. The molecule has 16 heavy (non-hydrogen) atoms. The minimum absolute atomic E-state index is 0.118. The molecule has 86 valence electrons. The number of aromatic carboxylic acids is 1. The average Bonchev–Trinajstić information content (AvgIpc) is 2.14. The lowest BCUT2D eigenvalue weighted by Gasteiger charge is -2.24. The minimum atomic E-state index is -0.941. The van der Waals surface area contributed by atoms with Crippen LogP contribution in [0.25, 0.3) is 0 Å². The van der Waals surface area contributed by atoms with Gasteiger partial charge in [-0.1, -0.05) is 20.3 Å². The highest BCUT2D eigenvalue weighted by Gasteiger charge is 2.24. The van der Waals surface area contributed by atoms with Crippen molar-refractivity contribution in [1.82, 2.24) is 9.97 Å². The third-order valence-corrected chi connectivity index (χ3v) is 3.08. The Labute approximate surface area is 94.7 Å². The number of nitrogens with zero attached hydrogens (tertiary/aromatic N) is 2. The molecule has 0 atom stereocenters. The fourth-order valence-corrected chi connectivity index (χ4v) is 1.88. The molecule has 0 radical (unpaired) electrons. The zero-order valence-corrected chi connectivity index (χ0v) is 9.60. The van der Waals surface area contributed by atoms with E-state index in [1.54, 1.807) is 0 Å². The minimum Gasteiger partial charge on any atom is -0.478 e. The van der Waals surface area contributed by atoms with E-state index in [9.17, 15) is 4.79 Å². The summed E-state index contributed by atoms with van der Waals surface area (Å²) in [7, 11) is 0. The van der Waals surface area contributed by atoms with Gasteiger partial charge >= 0.3 is 5.97 Å². The summed E-state index contributed by atoms with van der Waals surface area (Å²) in [6, 6.07) is 0. The lowest BCUT2D eigenvalue weighted by molar-refractivity contribution is 0.0694. The van der Waals surface area contributed by atoms with Crippen molar-refractivity contribution in [3.8, 4) is 0 Å². The summed E-state index contributed by atoms with van der Waals surface area (Å²) >= 11 is 0. The molecule has 0 spiro atoms. The second-order valence-corrected chi connectivity index (χ2v) is 4.61. The van der Waals surface area contributed by atoms with E-state index in [1.165, 1.54) is 12.6 Å². The van der Waals surface area contributed by atoms with Gasteiger partial charge in [0.15, 0.2) is 0 Å². The predicted molar refractivity (Wildman–Crippen MR) is 59.7 cm³/mol. The smallest absolute Gasteiger partial charge is 0.339 e. The summed E-state index contributed by atoms with van der Waals surface area (Å²) in [6.07, 6.45) is 4.94. The molecule has 0 bridgehead atoms. The Bertz CT molecular complexity index is 411. The highest BCUT2D eigenvalue weighted by molar-refractivity contribution is 5.88. The summed E-state index contributed by atoms with van der Waals surface area (Å²) in [5.74, 6) is 0.442. The van der Waals surface area contributed by atoms with Crippen LogP contribution in [0, 0.1) is 0 Å². The summed E-state index contributed by atoms with van der Waals surface area (Å²) in [5, 5.41) is 9.04. The van der Waals surface area contributed by atoms with Crippen molar-refractivity contribution in [2.45, 2.75) is 44.9 Å². The monoisotopic (exact) mass is 220 g/mol. The molecule has 0 unspecified atom stereocenters. The van der Waals surface area contributed by atoms with Crippen molar-refractivity contribution in [2.24, 2.45) is 0 Å². The lowest BCUT2D eigenvalue weighted by Crippen LogP contribution is -2.16. The van der Waals surface area contributed by atoms with Gasteiger partial charge in [-0.05, 0) is 18.8 Å². The van der Waals surface area contributed by atoms with Gasteiger partial charge < -0.3 is 5.11 Å². The van der Waals surface area contributed by atoms with Gasteiger partial charge in [-0.3, -0.25) is 0 Å². The second kappa shape index (κ2) is 4.20. The third kappa shape index (κ3) is 1.92. The molecular weight excluding hydrogens is 204 g/mol. The molecule has 1 aliphatic rings. The molecule has 0 aliphatic heterocycles. The van der Waals surface area contributed by atoms with Gasteiger partial charge in [-0.15, -0.1) is 0 Å². The zero-order valence-electron chi connectivity index (χ0n) is 9.60. The Hall–Kier alpha value is -1.45. The van der Waals surface area contributed by atoms with Crippen LogP contribution in [0.3, 0.4) is 0 Å². The average molecular weight is 220 g/mol. The van der Waals surface area contributed by atoms with E-state index in [1.807, 2.05) is 13.8 Å². The van der Waals surface area contributed by atoms with Crippen molar-refractivity contribution >= 4 is 5.97 Å². The highest BCUT2D eigenvalue weighted by atomic mass is 16.4. The topological polar surface area (TPSA) is 63.1 Å². The number of aromatic nitrogens is 2. The van der Waals surface area contributed by atoms with Crippen LogP contribution in [0.15, 0.2) is 6.20 Å². The van der Waals surface area contributed by atoms with Crippen LogP contribution in [-0.4, -0.2) is 21.0 Å². The summed E-state index contributed by atoms with van der Waals surface area (Å²) in [6.45, 7) is 3.92. The van der Waals surface area contributed by atoms with Crippen molar-refractivity contribution in [3.05, 3.63) is 23.3 Å². The highest BCUT2D eigenvalue weighted by Crippen LogP contribution is 2.34. The fraction of sp³-hybridized carbons (Fsp3) is 0.583. The van der Waals surface area contributed by atoms with Gasteiger partial charge in [0.25, 0.3) is 0 Å². The van der Waals surface area contributed by atoms with E-state index in [-0.39, 0.29) is 11.5 Å². The molecule has 1 aliphatic carbocycles. The van der Waals surface area contributed by atoms with Crippen LogP contribution in [-0.2, 0) is 0 Å². The molecule has 1 heterocycles. The fourth-order valence-electron chi connectivity index (χ4n) is 1.88. The van der Waals surface area contributed by atoms with Gasteiger partial charge in [0.1, 0.15) is 5.82 Å². The second-order valence-electron chi connectivity index (χ2n) is 4.61. The Morgan fingerprint density at radius 3 is 2.62 bits per heavy atom. The maximum Gasteiger partial charge on any atom is 0.339 e. The van der Waals surface area contributed by atoms with E-state index >= 15 is 0 Å². The maximum atomic E-state index is 11.0. The first-order chi connectivity index (χ1) is 7.59. The number of hydrogen-bond acceptors (Lipinski definition) is 3. The first kappa shape index (κ1) is 11.0. The molecule has 4 nitrogen and oxygen atoms in total. The standard InChI is InChI=1S/C12H16N2O2/c1-7(2)10-9(12(15)16)6-13-11(14-10)8-4-3-5-8/h6-8H,3-5H2,1-2H3,(H,15,16). The van der Waals surface area contributed by atoms with Crippen LogP contribution in [0.2, 0.25) is 0 Å². The molecule has 2 rings (SSSR count). The van der Waals surface area contributed by atoms with Crippen LogP contribution < -0.4 is 0 Å². The van der Waals surface area contributed by atoms with Crippen molar-refractivity contribution < 1.29 is 9.90 Å². The molecule has 1 saturated carbocycles. The quantitative estimate of drug-likeness (QED) is 0.850. The molecule has 1 aromatic heterocycles. The van der Waals surface area contributed by atoms with Gasteiger partial charge in [-0.2, -0.15) is 0 Å². The molecule has 1 N–H and O–H groups in total. The number of hydrogen-bond donors (Lipinski definition) is 1. The Balaban J connectivity index is 2.38. The molecule has 4 heteroatoms. The van der Waals surface area contributed by atoms with E-state index in [0.717, 1.165) is 18.7 Å². The van der Waals surface area contributed by atoms with Crippen molar-refractivity contribution in [2.75, 3.05) is 0 Å². The molecular formula is C12H16N2O2. The van der Waals surface area contributed by atoms with Gasteiger partial charge in [0, 0.05) is 12.1 Å². The first-order valence-corrected chi connectivity index (χ1v) is 5.69. The number of carbonyl (C=O) groups is 1. The molecule has 0 amide bonds. The molecule has 1 aromatic rings. The summed E-state index contributed by atoms with van der Waals surface area (Å²) in [5.41, 5.74) is 0.891. The molecule has 0 aromatic carbocycles. The zero-order chi connectivity index (χ0) is 11.7. The largest absolute Gasteiger partial charge is 0.478 e. The lowest BCUT2D eigenvalue weighted by atomic mass is 9.84. The van der Waals surface area contributed by atoms with E-state index in [0.29, 0.717) is 11.6 Å². The Morgan fingerprint density at radius 2 is 2.19 bits per heavy atom. The van der Waals surface area contributed by atoms with Crippen molar-refractivity contribution in [3.63, 3.8) is 0 Å². The summed E-state index contributed by atoms with van der Waals surface area (Å²) in [4.78, 5) is 19.6. The van der Waals surface area contributed by atoms with Crippen LogP contribution >= 0.6 is 0 Å². The Kier molecular flexibility index (Phi) is 2.90. The van der Waals surface area contributed by atoms with Gasteiger partial charge in [0.2, 0.25) is 0 Å². The van der Waals surface area contributed by atoms with Gasteiger partial charge in [0.05, 0.1) is 11.3 Å². The number of carboxylic acid groups (broad SMARTS) is 1. The molecule has 0 saturated heterocycles. The van der Waals surface area contributed by atoms with Crippen LogP contribution in [0.4, 0.5) is 0 Å². The number of rotatable bonds is 3. The number of carboxylic acids is 1. The predicted octanol–water partition coefficient (Wildman–Crippen LogP) is 2.57. The van der Waals surface area contributed by atoms with Crippen LogP contribution in [0.5, 0.6) is 0 Å². The SMILES string of the molecule is CC(C)c1nc(C2CCC2)ncc1C(=O)O. The maximum absolute atomic E-state index is 11.0. The van der Waals surface area contributed by atoms with E-state index < -0.39 is 5.97 Å². The molecule has 1 fully saturated rings. The van der Waals surface area contributed by atoms with E-state index in [4.69, 9.17) is 5.11 Å². The first-order valence-electron chi connectivity index (χ1n) is 5.69. The third-order valence-electron chi connectivity index (χ3n) is 3.08. The van der Waals surface area contributed by atoms with Crippen molar-refractivity contribution in [1.29, 1.82) is 0 Å². The van der Waals surface area contributed by atoms with E-state index in [2.05, 4.69) is 9.97 Å². The normalized spacial score (nSPS) is 16.2. The van der Waals surface area contributed by atoms with Gasteiger partial charge in [-0.25, -0.2) is 14.8 Å². The Morgan fingerprint density at radius 1 is 1.50 bits per heavy atom. The van der Waals surface area contributed by atoms with Crippen LogP contribution in [0.1, 0.15) is 66.8 Å².